The standard InChI is InChI=1S/C12H13IN4O/c1-7-10(14)11(17(2)16-7)12(18)15-9-5-3-8(13)4-6-9/h3-6H,14H2,1-2H3,(H,15,18). The number of halogens is 1. The molecule has 0 aliphatic heterocycles. The lowest BCUT2D eigenvalue weighted by Crippen LogP contribution is -2.17. The van der Waals surface area contributed by atoms with Gasteiger partial charge in [-0.05, 0) is 53.8 Å². The summed E-state index contributed by atoms with van der Waals surface area (Å²) in [7, 11) is 1.70. The Morgan fingerprint density at radius 1 is 1.39 bits per heavy atom. The fraction of sp³-hybridized carbons (Fsp3) is 0.167. The van der Waals surface area contributed by atoms with Crippen LogP contribution in [0.4, 0.5) is 11.4 Å². The maximum atomic E-state index is 12.1. The number of rotatable bonds is 2. The van der Waals surface area contributed by atoms with E-state index in [1.807, 2.05) is 24.3 Å². The Morgan fingerprint density at radius 2 is 2.00 bits per heavy atom. The minimum atomic E-state index is -0.253. The third-order valence-corrected chi connectivity index (χ3v) is 3.30. The molecular formula is C12H13IN4O. The lowest BCUT2D eigenvalue weighted by Gasteiger charge is -2.06. The first kappa shape index (κ1) is 12.9. The quantitative estimate of drug-likeness (QED) is 0.810. The summed E-state index contributed by atoms with van der Waals surface area (Å²) in [5.41, 5.74) is 8.03. The zero-order chi connectivity index (χ0) is 13.3. The molecule has 6 heteroatoms. The van der Waals surface area contributed by atoms with E-state index >= 15 is 0 Å². The Bertz CT molecular complexity index is 589. The zero-order valence-corrected chi connectivity index (χ0v) is 12.2. The molecule has 0 bridgehead atoms. The smallest absolute Gasteiger partial charge is 0.276 e. The van der Waals surface area contributed by atoms with E-state index in [0.717, 1.165) is 9.26 Å². The first-order valence-electron chi connectivity index (χ1n) is 5.35. The maximum absolute atomic E-state index is 12.1. The number of carbonyl (C=O) groups is 1. The Balaban J connectivity index is 2.24. The van der Waals surface area contributed by atoms with Gasteiger partial charge in [-0.2, -0.15) is 5.10 Å². The summed E-state index contributed by atoms with van der Waals surface area (Å²) in [4.78, 5) is 12.1. The average molecular weight is 356 g/mol. The van der Waals surface area contributed by atoms with Gasteiger partial charge in [-0.15, -0.1) is 0 Å². The summed E-state index contributed by atoms with van der Waals surface area (Å²) in [5, 5.41) is 6.91. The van der Waals surface area contributed by atoms with Gasteiger partial charge < -0.3 is 11.1 Å². The maximum Gasteiger partial charge on any atom is 0.276 e. The topological polar surface area (TPSA) is 72.9 Å². The second kappa shape index (κ2) is 4.97. The molecule has 0 spiro atoms. The predicted molar refractivity (Wildman–Crippen MR) is 79.5 cm³/mol. The van der Waals surface area contributed by atoms with Crippen LogP contribution in [0.1, 0.15) is 16.2 Å². The molecule has 0 fully saturated rings. The molecule has 0 saturated carbocycles. The van der Waals surface area contributed by atoms with Crippen LogP contribution in [0, 0.1) is 10.5 Å². The third-order valence-electron chi connectivity index (χ3n) is 2.59. The van der Waals surface area contributed by atoms with Crippen LogP contribution in [0.15, 0.2) is 24.3 Å². The van der Waals surface area contributed by atoms with Crippen LogP contribution < -0.4 is 11.1 Å². The van der Waals surface area contributed by atoms with Crippen molar-refractivity contribution in [1.29, 1.82) is 0 Å². The number of nitrogens with one attached hydrogen (secondary N) is 1. The van der Waals surface area contributed by atoms with Crippen LogP contribution in [-0.2, 0) is 7.05 Å². The molecule has 2 aromatic rings. The predicted octanol–water partition coefficient (Wildman–Crippen LogP) is 2.17. The number of amides is 1. The van der Waals surface area contributed by atoms with E-state index in [1.54, 1.807) is 14.0 Å². The molecule has 1 aromatic heterocycles. The van der Waals surface area contributed by atoms with Gasteiger partial charge in [0.1, 0.15) is 5.69 Å². The van der Waals surface area contributed by atoms with E-state index in [0.29, 0.717) is 17.1 Å². The third kappa shape index (κ3) is 2.47. The minimum Gasteiger partial charge on any atom is -0.395 e. The van der Waals surface area contributed by atoms with Gasteiger partial charge in [-0.3, -0.25) is 9.48 Å². The Labute approximate surface area is 119 Å². The highest BCUT2D eigenvalue weighted by Crippen LogP contribution is 2.18. The van der Waals surface area contributed by atoms with Crippen molar-refractivity contribution in [3.63, 3.8) is 0 Å². The van der Waals surface area contributed by atoms with Crippen LogP contribution in [0.25, 0.3) is 0 Å². The van der Waals surface area contributed by atoms with Crippen molar-refractivity contribution in [2.75, 3.05) is 11.1 Å². The number of carbonyl (C=O) groups excluding carboxylic acids is 1. The van der Waals surface area contributed by atoms with Crippen molar-refractivity contribution in [3.8, 4) is 0 Å². The second-order valence-electron chi connectivity index (χ2n) is 3.93. The van der Waals surface area contributed by atoms with Crippen molar-refractivity contribution in [2.45, 2.75) is 6.92 Å². The van der Waals surface area contributed by atoms with E-state index in [4.69, 9.17) is 5.73 Å². The van der Waals surface area contributed by atoms with E-state index in [1.165, 1.54) is 4.68 Å². The number of anilines is 2. The summed E-state index contributed by atoms with van der Waals surface area (Å²) in [6.07, 6.45) is 0. The first-order valence-corrected chi connectivity index (χ1v) is 6.43. The van der Waals surface area contributed by atoms with E-state index in [-0.39, 0.29) is 5.91 Å². The lowest BCUT2D eigenvalue weighted by molar-refractivity contribution is 0.101. The van der Waals surface area contributed by atoms with Gasteiger partial charge in [0.25, 0.3) is 5.91 Å². The highest BCUT2D eigenvalue weighted by atomic mass is 127. The van der Waals surface area contributed by atoms with E-state index in [9.17, 15) is 4.79 Å². The van der Waals surface area contributed by atoms with Crippen LogP contribution in [0.3, 0.4) is 0 Å². The minimum absolute atomic E-state index is 0.253. The molecule has 0 aliphatic rings. The van der Waals surface area contributed by atoms with Gasteiger partial charge in [0.15, 0.2) is 0 Å². The first-order chi connectivity index (χ1) is 8.49. The Morgan fingerprint density at radius 3 is 2.50 bits per heavy atom. The molecule has 5 nitrogen and oxygen atoms in total. The zero-order valence-electron chi connectivity index (χ0n) is 10.1. The van der Waals surface area contributed by atoms with Gasteiger partial charge in [0.2, 0.25) is 0 Å². The number of aryl methyl sites for hydroxylation is 2. The summed E-state index contributed by atoms with van der Waals surface area (Å²) in [6, 6.07) is 7.54. The molecule has 1 heterocycles. The molecule has 1 amide bonds. The molecule has 18 heavy (non-hydrogen) atoms. The molecule has 0 atom stereocenters. The van der Waals surface area contributed by atoms with Gasteiger partial charge in [-0.25, -0.2) is 0 Å². The fourth-order valence-corrected chi connectivity index (χ4v) is 2.03. The number of aromatic nitrogens is 2. The van der Waals surface area contributed by atoms with Gasteiger partial charge in [-0.1, -0.05) is 0 Å². The fourth-order valence-electron chi connectivity index (χ4n) is 1.67. The molecule has 0 radical (unpaired) electrons. The summed E-state index contributed by atoms with van der Waals surface area (Å²) >= 11 is 2.21. The number of hydrogen-bond acceptors (Lipinski definition) is 3. The van der Waals surface area contributed by atoms with Gasteiger partial charge >= 0.3 is 0 Å². The van der Waals surface area contributed by atoms with Crippen LogP contribution in [0.5, 0.6) is 0 Å². The Hall–Kier alpha value is -1.57. The molecule has 94 valence electrons. The average Bonchev–Trinajstić information content (AvgIpc) is 2.56. The monoisotopic (exact) mass is 356 g/mol. The van der Waals surface area contributed by atoms with E-state index in [2.05, 4.69) is 33.0 Å². The van der Waals surface area contributed by atoms with Crippen LogP contribution in [-0.4, -0.2) is 15.7 Å². The normalized spacial score (nSPS) is 10.4. The highest BCUT2D eigenvalue weighted by Gasteiger charge is 2.17. The highest BCUT2D eigenvalue weighted by molar-refractivity contribution is 14.1. The molecule has 0 unspecified atom stereocenters. The summed E-state index contributed by atoms with van der Waals surface area (Å²) in [6.45, 7) is 1.77. The van der Waals surface area contributed by atoms with Crippen molar-refractivity contribution in [3.05, 3.63) is 39.2 Å². The van der Waals surface area contributed by atoms with Gasteiger partial charge in [0, 0.05) is 16.3 Å². The number of nitrogens with two attached hydrogens (primary N) is 1. The van der Waals surface area contributed by atoms with Crippen molar-refractivity contribution in [2.24, 2.45) is 7.05 Å². The number of benzene rings is 1. The Kier molecular flexibility index (Phi) is 3.55. The summed E-state index contributed by atoms with van der Waals surface area (Å²) < 4.78 is 2.61. The van der Waals surface area contributed by atoms with Crippen molar-refractivity contribution < 1.29 is 4.79 Å². The molecule has 0 aliphatic carbocycles. The van der Waals surface area contributed by atoms with E-state index < -0.39 is 0 Å². The molecule has 1 aromatic carbocycles. The van der Waals surface area contributed by atoms with Crippen LogP contribution in [0.2, 0.25) is 0 Å². The van der Waals surface area contributed by atoms with Gasteiger partial charge in [0.05, 0.1) is 11.4 Å². The molecule has 3 N–H and O–H groups in total. The molecular weight excluding hydrogens is 343 g/mol. The SMILES string of the molecule is Cc1nn(C)c(C(=O)Nc2ccc(I)cc2)c1N. The van der Waals surface area contributed by atoms with Crippen molar-refractivity contribution in [1.82, 2.24) is 9.78 Å². The van der Waals surface area contributed by atoms with Crippen LogP contribution >= 0.6 is 22.6 Å². The largest absolute Gasteiger partial charge is 0.395 e. The number of hydrogen-bond donors (Lipinski definition) is 2. The summed E-state index contributed by atoms with van der Waals surface area (Å²) in [5.74, 6) is -0.253. The second-order valence-corrected chi connectivity index (χ2v) is 5.18. The van der Waals surface area contributed by atoms with Crippen molar-refractivity contribution >= 4 is 39.9 Å². The molecule has 2 rings (SSSR count). The number of nitrogen functional groups attached to an aromatic ring is 1. The lowest BCUT2D eigenvalue weighted by atomic mass is 10.2. The molecule has 0 saturated heterocycles. The number of nitrogens with zero attached hydrogens (tertiary/aromatic N) is 2.